The van der Waals surface area contributed by atoms with Crippen molar-refractivity contribution >= 4 is 21.6 Å². The summed E-state index contributed by atoms with van der Waals surface area (Å²) in [5.74, 6) is -0.634. The van der Waals surface area contributed by atoms with Gasteiger partial charge in [-0.2, -0.15) is 0 Å². The molecule has 7 heteroatoms. The van der Waals surface area contributed by atoms with Crippen molar-refractivity contribution in [3.05, 3.63) is 32.5 Å². The second-order valence-corrected chi connectivity index (χ2v) is 6.22. The normalized spacial score (nSPS) is 11.4. The fraction of sp³-hybridized carbons (Fsp3) is 0.538. The number of nitrogens with zero attached hydrogens (tertiary/aromatic N) is 1. The van der Waals surface area contributed by atoms with Crippen LogP contribution in [0.3, 0.4) is 0 Å². The van der Waals surface area contributed by atoms with Gasteiger partial charge in [0.05, 0.1) is 16.0 Å². The summed E-state index contributed by atoms with van der Waals surface area (Å²) >= 11 is 2.92. The van der Waals surface area contributed by atoms with Crippen molar-refractivity contribution in [3.63, 3.8) is 0 Å². The van der Waals surface area contributed by atoms with Gasteiger partial charge in [-0.05, 0) is 49.7 Å². The predicted octanol–water partition coefficient (Wildman–Crippen LogP) is 3.65. The van der Waals surface area contributed by atoms with Crippen LogP contribution in [0.25, 0.3) is 0 Å². The van der Waals surface area contributed by atoms with E-state index in [1.165, 1.54) is 0 Å². The highest BCUT2D eigenvalue weighted by Gasteiger charge is 2.18. The SMILES string of the molecule is CC(C)(C)NCCCOc1cc(F)c(Br)cc1[N+](=O)[O-]. The lowest BCUT2D eigenvalue weighted by Gasteiger charge is -2.20. The summed E-state index contributed by atoms with van der Waals surface area (Å²) in [6.45, 7) is 7.13. The molecule has 0 saturated heterocycles. The molecule has 1 aromatic carbocycles. The van der Waals surface area contributed by atoms with E-state index < -0.39 is 10.7 Å². The number of hydrogen-bond donors (Lipinski definition) is 1. The number of ether oxygens (including phenoxy) is 1. The molecule has 0 aliphatic heterocycles. The second-order valence-electron chi connectivity index (χ2n) is 5.37. The molecule has 0 bridgehead atoms. The van der Waals surface area contributed by atoms with Gasteiger partial charge in [-0.15, -0.1) is 0 Å². The maximum Gasteiger partial charge on any atom is 0.312 e. The molecule has 5 nitrogen and oxygen atoms in total. The molecule has 0 unspecified atom stereocenters. The fourth-order valence-electron chi connectivity index (χ4n) is 1.49. The van der Waals surface area contributed by atoms with Gasteiger partial charge < -0.3 is 10.1 Å². The average Bonchev–Trinajstić information content (AvgIpc) is 2.31. The van der Waals surface area contributed by atoms with Crippen LogP contribution in [0.2, 0.25) is 0 Å². The zero-order chi connectivity index (χ0) is 15.3. The Morgan fingerprint density at radius 1 is 1.45 bits per heavy atom. The molecule has 0 atom stereocenters. The molecule has 0 aliphatic carbocycles. The molecule has 0 radical (unpaired) electrons. The molecule has 1 rings (SSSR count). The first-order chi connectivity index (χ1) is 9.20. The van der Waals surface area contributed by atoms with Crippen molar-refractivity contribution in [1.82, 2.24) is 5.32 Å². The Labute approximate surface area is 125 Å². The largest absolute Gasteiger partial charge is 0.487 e. The zero-order valence-electron chi connectivity index (χ0n) is 11.7. The third-order valence-electron chi connectivity index (χ3n) is 2.43. The van der Waals surface area contributed by atoms with Crippen LogP contribution in [0.5, 0.6) is 5.75 Å². The molecule has 0 spiro atoms. The predicted molar refractivity (Wildman–Crippen MR) is 78.6 cm³/mol. The van der Waals surface area contributed by atoms with Gasteiger partial charge in [-0.3, -0.25) is 10.1 Å². The number of nitrogens with one attached hydrogen (secondary N) is 1. The summed E-state index contributed by atoms with van der Waals surface area (Å²) < 4.78 is 18.7. The van der Waals surface area contributed by atoms with Gasteiger partial charge in [0.25, 0.3) is 0 Å². The number of benzene rings is 1. The minimum atomic E-state index is -0.590. The van der Waals surface area contributed by atoms with E-state index in [9.17, 15) is 14.5 Å². The number of hydrogen-bond acceptors (Lipinski definition) is 4. The van der Waals surface area contributed by atoms with Gasteiger partial charge in [0.2, 0.25) is 0 Å². The van der Waals surface area contributed by atoms with Crippen molar-refractivity contribution in [1.29, 1.82) is 0 Å². The standard InChI is InChI=1S/C13H18BrFN2O3/c1-13(2,3)16-5-4-6-20-12-8-10(15)9(14)7-11(12)17(18)19/h7-8,16H,4-6H2,1-3H3. The van der Waals surface area contributed by atoms with Crippen molar-refractivity contribution in [2.75, 3.05) is 13.2 Å². The van der Waals surface area contributed by atoms with E-state index in [1.54, 1.807) is 0 Å². The molecule has 1 N–H and O–H groups in total. The van der Waals surface area contributed by atoms with Gasteiger partial charge in [-0.1, -0.05) is 0 Å². The van der Waals surface area contributed by atoms with E-state index in [0.717, 1.165) is 18.7 Å². The Morgan fingerprint density at radius 3 is 2.65 bits per heavy atom. The summed E-state index contributed by atoms with van der Waals surface area (Å²) in [7, 11) is 0. The van der Waals surface area contributed by atoms with Crippen molar-refractivity contribution in [2.24, 2.45) is 0 Å². The van der Waals surface area contributed by atoms with E-state index in [1.807, 2.05) is 20.8 Å². The first kappa shape index (κ1) is 16.8. The quantitative estimate of drug-likeness (QED) is 0.484. The maximum absolute atomic E-state index is 13.4. The van der Waals surface area contributed by atoms with Crippen LogP contribution in [-0.2, 0) is 0 Å². The summed E-state index contributed by atoms with van der Waals surface area (Å²) in [5.41, 5.74) is -0.238. The van der Waals surface area contributed by atoms with Crippen molar-refractivity contribution < 1.29 is 14.1 Å². The van der Waals surface area contributed by atoms with Crippen molar-refractivity contribution in [3.8, 4) is 5.75 Å². The number of rotatable bonds is 6. The lowest BCUT2D eigenvalue weighted by Crippen LogP contribution is -2.36. The fourth-order valence-corrected chi connectivity index (χ4v) is 1.83. The number of nitro benzene ring substituents is 1. The van der Waals surface area contributed by atoms with Gasteiger partial charge in [-0.25, -0.2) is 4.39 Å². The minimum absolute atomic E-state index is 0.00964. The maximum atomic E-state index is 13.4. The van der Waals surface area contributed by atoms with E-state index in [0.29, 0.717) is 6.42 Å². The molecule has 0 heterocycles. The summed E-state index contributed by atoms with van der Waals surface area (Å²) in [6, 6.07) is 2.14. The van der Waals surface area contributed by atoms with Gasteiger partial charge in [0, 0.05) is 17.7 Å². The molecule has 112 valence electrons. The Kier molecular flexibility index (Phi) is 5.88. The molecule has 0 fully saturated rings. The third-order valence-corrected chi connectivity index (χ3v) is 3.04. The smallest absolute Gasteiger partial charge is 0.312 e. The van der Waals surface area contributed by atoms with Crippen LogP contribution in [-0.4, -0.2) is 23.6 Å². The summed E-state index contributed by atoms with van der Waals surface area (Å²) in [4.78, 5) is 10.3. The molecule has 1 aromatic rings. The van der Waals surface area contributed by atoms with E-state index in [2.05, 4.69) is 21.2 Å². The monoisotopic (exact) mass is 348 g/mol. The average molecular weight is 349 g/mol. The van der Waals surface area contributed by atoms with Gasteiger partial charge in [0.1, 0.15) is 5.82 Å². The zero-order valence-corrected chi connectivity index (χ0v) is 13.3. The van der Waals surface area contributed by atoms with E-state index in [-0.39, 0.29) is 28.1 Å². The Balaban J connectivity index is 2.59. The Bertz CT molecular complexity index is 489. The van der Waals surface area contributed by atoms with Gasteiger partial charge in [0.15, 0.2) is 5.75 Å². The second kappa shape index (κ2) is 6.99. The highest BCUT2D eigenvalue weighted by molar-refractivity contribution is 9.10. The first-order valence-corrected chi connectivity index (χ1v) is 7.01. The van der Waals surface area contributed by atoms with Crippen LogP contribution < -0.4 is 10.1 Å². The molecule has 0 amide bonds. The number of halogens is 2. The highest BCUT2D eigenvalue weighted by atomic mass is 79.9. The topological polar surface area (TPSA) is 64.4 Å². The van der Waals surface area contributed by atoms with Gasteiger partial charge >= 0.3 is 5.69 Å². The molecule has 0 aromatic heterocycles. The Hall–Kier alpha value is -1.21. The lowest BCUT2D eigenvalue weighted by atomic mass is 10.1. The summed E-state index contributed by atoms with van der Waals surface area (Å²) in [5, 5.41) is 14.1. The number of nitro groups is 1. The minimum Gasteiger partial charge on any atom is -0.487 e. The van der Waals surface area contributed by atoms with Crippen LogP contribution in [0, 0.1) is 15.9 Å². The van der Waals surface area contributed by atoms with Crippen LogP contribution in [0.4, 0.5) is 10.1 Å². The molecule has 0 saturated carbocycles. The van der Waals surface area contributed by atoms with E-state index in [4.69, 9.17) is 4.74 Å². The lowest BCUT2D eigenvalue weighted by molar-refractivity contribution is -0.386. The van der Waals surface area contributed by atoms with Crippen LogP contribution in [0.15, 0.2) is 16.6 Å². The molecule has 20 heavy (non-hydrogen) atoms. The van der Waals surface area contributed by atoms with E-state index >= 15 is 0 Å². The Morgan fingerprint density at radius 2 is 2.10 bits per heavy atom. The van der Waals surface area contributed by atoms with Crippen LogP contribution in [0.1, 0.15) is 27.2 Å². The third kappa shape index (κ3) is 5.42. The molecular weight excluding hydrogens is 331 g/mol. The molecule has 0 aliphatic rings. The first-order valence-electron chi connectivity index (χ1n) is 6.22. The molecular formula is C13H18BrFN2O3. The van der Waals surface area contributed by atoms with Crippen molar-refractivity contribution in [2.45, 2.75) is 32.7 Å². The van der Waals surface area contributed by atoms with Crippen LogP contribution >= 0.6 is 15.9 Å². The summed E-state index contributed by atoms with van der Waals surface area (Å²) in [6.07, 6.45) is 0.673. The highest BCUT2D eigenvalue weighted by Crippen LogP contribution is 2.32.